The van der Waals surface area contributed by atoms with E-state index in [9.17, 15) is 0 Å². The standard InChI is InChI=1S/C48H31NS/c1-2-12-32(13-3-1)40-18-10-11-21-46(40)49(38-26-27-43-45-28-34-14-4-5-15-35(34)30-47(45)50-48(43)31-38)37-24-22-33(23-25-37)44-29-36-16-6-7-17-39(36)41-19-8-9-20-42(41)44/h1-31H. The summed E-state index contributed by atoms with van der Waals surface area (Å²) in [4.78, 5) is 2.42. The molecule has 0 aliphatic carbocycles. The minimum Gasteiger partial charge on any atom is -0.310 e. The number of anilines is 3. The van der Waals surface area contributed by atoms with Crippen LogP contribution in [0.4, 0.5) is 17.1 Å². The zero-order valence-electron chi connectivity index (χ0n) is 27.3. The number of benzene rings is 9. The number of rotatable bonds is 5. The Morgan fingerprint density at radius 3 is 1.74 bits per heavy atom. The van der Waals surface area contributed by atoms with E-state index in [2.05, 4.69) is 193 Å². The second-order valence-electron chi connectivity index (χ2n) is 12.9. The number of nitrogens with zero attached hydrogens (tertiary/aromatic N) is 1. The maximum absolute atomic E-state index is 2.42. The van der Waals surface area contributed by atoms with Gasteiger partial charge < -0.3 is 4.90 Å². The third-order valence-electron chi connectivity index (χ3n) is 10.0. The first-order chi connectivity index (χ1) is 24.8. The Balaban J connectivity index is 1.15. The molecule has 50 heavy (non-hydrogen) atoms. The summed E-state index contributed by atoms with van der Waals surface area (Å²) in [5.41, 5.74) is 8.26. The van der Waals surface area contributed by atoms with E-state index in [1.807, 2.05) is 11.3 Å². The van der Waals surface area contributed by atoms with Crippen molar-refractivity contribution in [2.24, 2.45) is 0 Å². The van der Waals surface area contributed by atoms with E-state index in [1.54, 1.807) is 0 Å². The van der Waals surface area contributed by atoms with Gasteiger partial charge >= 0.3 is 0 Å². The first-order valence-corrected chi connectivity index (χ1v) is 17.9. The molecule has 0 fully saturated rings. The van der Waals surface area contributed by atoms with Crippen LogP contribution in [0.5, 0.6) is 0 Å². The molecule has 10 aromatic rings. The number of para-hydroxylation sites is 1. The summed E-state index contributed by atoms with van der Waals surface area (Å²) >= 11 is 1.87. The van der Waals surface area contributed by atoms with Crippen LogP contribution in [0.3, 0.4) is 0 Å². The second kappa shape index (κ2) is 11.7. The molecule has 2 heteroatoms. The Labute approximate surface area is 294 Å². The maximum Gasteiger partial charge on any atom is 0.0540 e. The lowest BCUT2D eigenvalue weighted by Gasteiger charge is -2.28. The average molecular weight is 654 g/mol. The van der Waals surface area contributed by atoms with Gasteiger partial charge in [-0.1, -0.05) is 140 Å². The van der Waals surface area contributed by atoms with Gasteiger partial charge in [0.05, 0.1) is 5.69 Å². The van der Waals surface area contributed by atoms with Crippen LogP contribution in [0.25, 0.3) is 74.7 Å². The molecule has 1 aromatic heterocycles. The summed E-state index contributed by atoms with van der Waals surface area (Å²) in [5, 5.41) is 10.3. The Bertz CT molecular complexity index is 2870. The summed E-state index contributed by atoms with van der Waals surface area (Å²) in [5.74, 6) is 0. The van der Waals surface area contributed by atoms with Crippen molar-refractivity contribution in [3.63, 3.8) is 0 Å². The molecule has 0 aliphatic rings. The van der Waals surface area contributed by atoms with Crippen molar-refractivity contribution in [3.05, 3.63) is 188 Å². The van der Waals surface area contributed by atoms with Crippen molar-refractivity contribution in [1.29, 1.82) is 0 Å². The summed E-state index contributed by atoms with van der Waals surface area (Å²) in [6, 6.07) is 68.7. The van der Waals surface area contributed by atoms with Crippen molar-refractivity contribution in [2.75, 3.05) is 4.90 Å². The first kappa shape index (κ1) is 28.8. The van der Waals surface area contributed by atoms with Gasteiger partial charge in [-0.25, -0.2) is 0 Å². The SMILES string of the molecule is c1ccc(-c2ccccc2N(c2ccc(-c3cc4ccccc4c4ccccc34)cc2)c2ccc3c(c2)sc2cc4ccccc4cc23)cc1. The molecule has 0 unspecified atom stereocenters. The molecule has 0 amide bonds. The first-order valence-electron chi connectivity index (χ1n) is 17.1. The summed E-state index contributed by atoms with van der Waals surface area (Å²) in [6.45, 7) is 0. The highest BCUT2D eigenvalue weighted by molar-refractivity contribution is 7.25. The molecule has 0 aliphatic heterocycles. The smallest absolute Gasteiger partial charge is 0.0540 e. The van der Waals surface area contributed by atoms with Gasteiger partial charge in [0.2, 0.25) is 0 Å². The lowest BCUT2D eigenvalue weighted by molar-refractivity contribution is 1.29. The van der Waals surface area contributed by atoms with Gasteiger partial charge in [-0.2, -0.15) is 0 Å². The summed E-state index contributed by atoms with van der Waals surface area (Å²) < 4.78 is 2.60. The van der Waals surface area contributed by atoms with Crippen molar-refractivity contribution in [2.45, 2.75) is 0 Å². The Morgan fingerprint density at radius 1 is 0.320 bits per heavy atom. The van der Waals surface area contributed by atoms with E-state index < -0.39 is 0 Å². The zero-order valence-corrected chi connectivity index (χ0v) is 28.1. The highest BCUT2D eigenvalue weighted by atomic mass is 32.1. The van der Waals surface area contributed by atoms with E-state index in [0.717, 1.165) is 17.1 Å². The molecule has 1 nitrogen and oxygen atoms in total. The molecule has 0 N–H and O–H groups in total. The van der Waals surface area contributed by atoms with Crippen LogP contribution in [-0.4, -0.2) is 0 Å². The molecular weight excluding hydrogens is 623 g/mol. The monoisotopic (exact) mass is 653 g/mol. The third kappa shape index (κ3) is 4.76. The number of fused-ring (bicyclic) bond motifs is 7. The number of hydrogen-bond acceptors (Lipinski definition) is 2. The normalized spacial score (nSPS) is 11.6. The Kier molecular flexibility index (Phi) is 6.75. The topological polar surface area (TPSA) is 3.24 Å². The molecule has 0 saturated carbocycles. The fourth-order valence-electron chi connectivity index (χ4n) is 7.63. The predicted molar refractivity (Wildman–Crippen MR) is 217 cm³/mol. The van der Waals surface area contributed by atoms with E-state index in [0.29, 0.717) is 0 Å². The van der Waals surface area contributed by atoms with Crippen LogP contribution in [0, 0.1) is 0 Å². The molecular formula is C48H31NS. The number of thiophene rings is 1. The van der Waals surface area contributed by atoms with Crippen LogP contribution >= 0.6 is 11.3 Å². The van der Waals surface area contributed by atoms with Gasteiger partial charge in [0.15, 0.2) is 0 Å². The Hall–Kier alpha value is -6.22. The van der Waals surface area contributed by atoms with Crippen LogP contribution in [-0.2, 0) is 0 Å². The van der Waals surface area contributed by atoms with Crippen LogP contribution in [0.1, 0.15) is 0 Å². The van der Waals surface area contributed by atoms with Gasteiger partial charge in [-0.05, 0) is 97.5 Å². The van der Waals surface area contributed by atoms with Crippen molar-refractivity contribution in [1.82, 2.24) is 0 Å². The molecule has 0 atom stereocenters. The summed E-state index contributed by atoms with van der Waals surface area (Å²) in [6.07, 6.45) is 0. The second-order valence-corrected chi connectivity index (χ2v) is 14.0. The molecule has 0 bridgehead atoms. The minimum absolute atomic E-state index is 1.12. The average Bonchev–Trinajstić information content (AvgIpc) is 3.54. The number of hydrogen-bond donors (Lipinski definition) is 0. The predicted octanol–water partition coefficient (Wildman–Crippen LogP) is 14.3. The lowest BCUT2D eigenvalue weighted by Crippen LogP contribution is -2.11. The van der Waals surface area contributed by atoms with Crippen molar-refractivity contribution >= 4 is 80.9 Å². The van der Waals surface area contributed by atoms with Crippen LogP contribution < -0.4 is 4.90 Å². The molecule has 0 saturated heterocycles. The molecule has 9 aromatic carbocycles. The largest absolute Gasteiger partial charge is 0.310 e. The molecule has 10 rings (SSSR count). The molecule has 234 valence electrons. The van der Waals surface area contributed by atoms with Gasteiger partial charge in [0.1, 0.15) is 0 Å². The van der Waals surface area contributed by atoms with Gasteiger partial charge in [-0.15, -0.1) is 11.3 Å². The Morgan fingerprint density at radius 2 is 0.920 bits per heavy atom. The fourth-order valence-corrected chi connectivity index (χ4v) is 8.80. The summed E-state index contributed by atoms with van der Waals surface area (Å²) in [7, 11) is 0. The molecule has 0 spiro atoms. The van der Waals surface area contributed by atoms with E-state index >= 15 is 0 Å². The molecule has 1 heterocycles. The van der Waals surface area contributed by atoms with Crippen LogP contribution in [0.15, 0.2) is 188 Å². The lowest BCUT2D eigenvalue weighted by atomic mass is 9.93. The van der Waals surface area contributed by atoms with Gasteiger partial charge in [-0.3, -0.25) is 0 Å². The van der Waals surface area contributed by atoms with Gasteiger partial charge in [0, 0.05) is 37.1 Å². The highest BCUT2D eigenvalue weighted by Gasteiger charge is 2.19. The maximum atomic E-state index is 2.42. The zero-order chi connectivity index (χ0) is 33.0. The van der Waals surface area contributed by atoms with E-state index in [4.69, 9.17) is 0 Å². The highest BCUT2D eigenvalue weighted by Crippen LogP contribution is 2.45. The van der Waals surface area contributed by atoms with Crippen molar-refractivity contribution in [3.8, 4) is 22.3 Å². The van der Waals surface area contributed by atoms with Gasteiger partial charge in [0.25, 0.3) is 0 Å². The third-order valence-corrected chi connectivity index (χ3v) is 11.1. The van der Waals surface area contributed by atoms with E-state index in [-0.39, 0.29) is 0 Å². The van der Waals surface area contributed by atoms with Crippen molar-refractivity contribution < 1.29 is 0 Å². The quantitative estimate of drug-likeness (QED) is 0.167. The minimum atomic E-state index is 1.12. The fraction of sp³-hybridized carbons (Fsp3) is 0. The molecule has 0 radical (unpaired) electrons. The van der Waals surface area contributed by atoms with E-state index in [1.165, 1.54) is 74.7 Å². The van der Waals surface area contributed by atoms with Crippen LogP contribution in [0.2, 0.25) is 0 Å².